The minimum atomic E-state index is -0.500. The van der Waals surface area contributed by atoms with Gasteiger partial charge in [0.2, 0.25) is 0 Å². The second-order valence-corrected chi connectivity index (χ2v) is 4.75. The molecule has 0 bridgehead atoms. The van der Waals surface area contributed by atoms with Gasteiger partial charge in [0.05, 0.1) is 15.6 Å². The SMILES string of the molecule is Cc1cc(F)ccc1CNc1ccc([N+](=O)[O-])cc1Cl. The maximum atomic E-state index is 13.0. The van der Waals surface area contributed by atoms with Crippen molar-refractivity contribution in [2.75, 3.05) is 5.32 Å². The van der Waals surface area contributed by atoms with Gasteiger partial charge in [-0.3, -0.25) is 10.1 Å². The van der Waals surface area contributed by atoms with Crippen molar-refractivity contribution in [2.45, 2.75) is 13.5 Å². The molecule has 4 nitrogen and oxygen atoms in total. The second-order valence-electron chi connectivity index (χ2n) is 4.35. The molecule has 0 heterocycles. The van der Waals surface area contributed by atoms with E-state index in [0.717, 1.165) is 11.1 Å². The Balaban J connectivity index is 2.13. The number of aryl methyl sites for hydroxylation is 1. The quantitative estimate of drug-likeness (QED) is 0.675. The second kappa shape index (κ2) is 5.88. The fourth-order valence-corrected chi connectivity index (χ4v) is 2.05. The van der Waals surface area contributed by atoms with E-state index in [2.05, 4.69) is 5.32 Å². The standard InChI is InChI=1S/C14H12ClFN2O2/c1-9-6-11(16)3-2-10(9)8-17-14-5-4-12(18(19)20)7-13(14)15/h2-7,17H,8H2,1H3. The Bertz CT molecular complexity index is 662. The van der Waals surface area contributed by atoms with Crippen LogP contribution < -0.4 is 5.32 Å². The maximum Gasteiger partial charge on any atom is 0.271 e. The fraction of sp³-hybridized carbons (Fsp3) is 0.143. The van der Waals surface area contributed by atoms with Gasteiger partial charge in [0.25, 0.3) is 5.69 Å². The lowest BCUT2D eigenvalue weighted by molar-refractivity contribution is -0.384. The predicted molar refractivity (Wildman–Crippen MR) is 76.6 cm³/mol. The summed E-state index contributed by atoms with van der Waals surface area (Å²) in [5.74, 6) is -0.278. The highest BCUT2D eigenvalue weighted by atomic mass is 35.5. The zero-order valence-electron chi connectivity index (χ0n) is 10.7. The minimum Gasteiger partial charge on any atom is -0.380 e. The van der Waals surface area contributed by atoms with Crippen LogP contribution in [-0.2, 0) is 6.54 Å². The number of hydrogen-bond acceptors (Lipinski definition) is 3. The van der Waals surface area contributed by atoms with Gasteiger partial charge in [-0.1, -0.05) is 17.7 Å². The zero-order valence-corrected chi connectivity index (χ0v) is 11.4. The molecule has 0 fully saturated rings. The lowest BCUT2D eigenvalue weighted by Gasteiger charge is -2.10. The van der Waals surface area contributed by atoms with Crippen LogP contribution in [0.25, 0.3) is 0 Å². The monoisotopic (exact) mass is 294 g/mol. The first-order chi connectivity index (χ1) is 9.47. The number of nitrogens with one attached hydrogen (secondary N) is 1. The van der Waals surface area contributed by atoms with Crippen LogP contribution in [0.15, 0.2) is 36.4 Å². The van der Waals surface area contributed by atoms with Crippen molar-refractivity contribution in [3.63, 3.8) is 0 Å². The number of nitro groups is 1. The van der Waals surface area contributed by atoms with Crippen molar-refractivity contribution >= 4 is 23.0 Å². The van der Waals surface area contributed by atoms with Crippen LogP contribution in [0.4, 0.5) is 15.8 Å². The molecule has 0 amide bonds. The molecule has 2 aromatic carbocycles. The lowest BCUT2D eigenvalue weighted by atomic mass is 10.1. The van der Waals surface area contributed by atoms with Crippen molar-refractivity contribution in [2.24, 2.45) is 0 Å². The average Bonchev–Trinajstić information content (AvgIpc) is 2.38. The van der Waals surface area contributed by atoms with Crippen LogP contribution in [0.2, 0.25) is 5.02 Å². The Labute approximate surface area is 120 Å². The number of nitrogens with zero attached hydrogens (tertiary/aromatic N) is 1. The Morgan fingerprint density at radius 1 is 1.30 bits per heavy atom. The molecule has 0 radical (unpaired) electrons. The van der Waals surface area contributed by atoms with Crippen molar-refractivity contribution in [3.05, 3.63) is 68.5 Å². The summed E-state index contributed by atoms with van der Waals surface area (Å²) >= 11 is 5.98. The summed E-state index contributed by atoms with van der Waals surface area (Å²) in [5.41, 5.74) is 2.30. The third kappa shape index (κ3) is 3.24. The fourth-order valence-electron chi connectivity index (χ4n) is 1.81. The van der Waals surface area contributed by atoms with Crippen LogP contribution in [0, 0.1) is 22.9 Å². The van der Waals surface area contributed by atoms with Gasteiger partial charge in [-0.05, 0) is 36.2 Å². The summed E-state index contributed by atoms with van der Waals surface area (Å²) in [6, 6.07) is 8.76. The third-order valence-corrected chi connectivity index (χ3v) is 3.25. The Morgan fingerprint density at radius 2 is 2.05 bits per heavy atom. The van der Waals surface area contributed by atoms with Crippen LogP contribution in [0.1, 0.15) is 11.1 Å². The highest BCUT2D eigenvalue weighted by Crippen LogP contribution is 2.27. The van der Waals surface area contributed by atoms with E-state index in [0.29, 0.717) is 12.2 Å². The van der Waals surface area contributed by atoms with Crippen molar-refractivity contribution in [3.8, 4) is 0 Å². The molecule has 1 N–H and O–H groups in total. The first-order valence-corrected chi connectivity index (χ1v) is 6.28. The van der Waals surface area contributed by atoms with E-state index in [1.165, 1.54) is 24.3 Å². The summed E-state index contributed by atoms with van der Waals surface area (Å²) in [4.78, 5) is 10.1. The normalized spacial score (nSPS) is 10.3. The van der Waals surface area contributed by atoms with E-state index >= 15 is 0 Å². The topological polar surface area (TPSA) is 55.2 Å². The molecule has 2 aromatic rings. The molecule has 104 valence electrons. The number of hydrogen-bond donors (Lipinski definition) is 1. The first-order valence-electron chi connectivity index (χ1n) is 5.90. The van der Waals surface area contributed by atoms with Gasteiger partial charge in [0, 0.05) is 18.7 Å². The summed E-state index contributed by atoms with van der Waals surface area (Å²) < 4.78 is 13.0. The van der Waals surface area contributed by atoms with Crippen LogP contribution in [-0.4, -0.2) is 4.92 Å². The molecule has 0 aromatic heterocycles. The van der Waals surface area contributed by atoms with E-state index in [9.17, 15) is 14.5 Å². The van der Waals surface area contributed by atoms with E-state index in [1.54, 1.807) is 12.1 Å². The lowest BCUT2D eigenvalue weighted by Crippen LogP contribution is -2.02. The Hall–Kier alpha value is -2.14. The molecule has 0 saturated carbocycles. The number of benzene rings is 2. The average molecular weight is 295 g/mol. The predicted octanol–water partition coefficient (Wildman–Crippen LogP) is 4.31. The summed E-state index contributed by atoms with van der Waals surface area (Å²) in [6.45, 7) is 2.28. The highest BCUT2D eigenvalue weighted by Gasteiger charge is 2.09. The van der Waals surface area contributed by atoms with Crippen LogP contribution >= 0.6 is 11.6 Å². The van der Waals surface area contributed by atoms with Gasteiger partial charge in [-0.25, -0.2) is 4.39 Å². The van der Waals surface area contributed by atoms with Crippen LogP contribution in [0.3, 0.4) is 0 Å². The highest BCUT2D eigenvalue weighted by molar-refractivity contribution is 6.33. The molecular weight excluding hydrogens is 283 g/mol. The number of rotatable bonds is 4. The number of nitro benzene ring substituents is 1. The molecule has 0 unspecified atom stereocenters. The molecule has 20 heavy (non-hydrogen) atoms. The molecule has 0 atom stereocenters. The number of anilines is 1. The summed E-state index contributed by atoms with van der Waals surface area (Å²) in [6.07, 6.45) is 0. The summed E-state index contributed by atoms with van der Waals surface area (Å²) in [5, 5.41) is 14.0. The van der Waals surface area contributed by atoms with Gasteiger partial charge in [-0.2, -0.15) is 0 Å². The summed E-state index contributed by atoms with van der Waals surface area (Å²) in [7, 11) is 0. The molecular formula is C14H12ClFN2O2. The zero-order chi connectivity index (χ0) is 14.7. The van der Waals surface area contributed by atoms with Gasteiger partial charge < -0.3 is 5.32 Å². The first kappa shape index (κ1) is 14.3. The molecule has 0 aliphatic carbocycles. The van der Waals surface area contributed by atoms with Gasteiger partial charge in [0.1, 0.15) is 5.82 Å². The van der Waals surface area contributed by atoms with Crippen molar-refractivity contribution in [1.82, 2.24) is 0 Å². The van der Waals surface area contributed by atoms with Crippen LogP contribution in [0.5, 0.6) is 0 Å². The minimum absolute atomic E-state index is 0.0569. The van der Waals surface area contributed by atoms with Crippen molar-refractivity contribution < 1.29 is 9.31 Å². The van der Waals surface area contributed by atoms with Gasteiger partial charge in [0.15, 0.2) is 0 Å². The largest absolute Gasteiger partial charge is 0.380 e. The molecule has 0 aliphatic rings. The third-order valence-electron chi connectivity index (χ3n) is 2.94. The number of halogens is 2. The van der Waals surface area contributed by atoms with E-state index < -0.39 is 4.92 Å². The molecule has 0 saturated heterocycles. The van der Waals surface area contributed by atoms with Crippen molar-refractivity contribution in [1.29, 1.82) is 0 Å². The molecule has 2 rings (SSSR count). The molecule has 6 heteroatoms. The molecule has 0 aliphatic heterocycles. The maximum absolute atomic E-state index is 13.0. The Kier molecular flexibility index (Phi) is 4.20. The Morgan fingerprint density at radius 3 is 2.65 bits per heavy atom. The number of non-ortho nitro benzene ring substituents is 1. The van der Waals surface area contributed by atoms with E-state index in [1.807, 2.05) is 6.92 Å². The smallest absolute Gasteiger partial charge is 0.271 e. The van der Waals surface area contributed by atoms with Gasteiger partial charge >= 0.3 is 0 Å². The molecule has 0 spiro atoms. The van der Waals surface area contributed by atoms with E-state index in [4.69, 9.17) is 11.6 Å². The van der Waals surface area contributed by atoms with Gasteiger partial charge in [-0.15, -0.1) is 0 Å². The van der Waals surface area contributed by atoms with E-state index in [-0.39, 0.29) is 16.5 Å².